The normalized spacial score (nSPS) is 11.2. The van der Waals surface area contributed by atoms with Gasteiger partial charge in [-0.15, -0.1) is 0 Å². The molecule has 19 heavy (non-hydrogen) atoms. The van der Waals surface area contributed by atoms with E-state index in [1.54, 1.807) is 0 Å². The number of carboxylic acid groups (broad SMARTS) is 1. The van der Waals surface area contributed by atoms with Crippen LogP contribution in [0.4, 0.5) is 5.69 Å². The second-order valence-corrected chi connectivity index (χ2v) is 5.38. The number of anilines is 1. The number of rotatable bonds is 4. The van der Waals surface area contributed by atoms with Gasteiger partial charge in [-0.1, -0.05) is 11.6 Å². The molecule has 5 nitrogen and oxygen atoms in total. The van der Waals surface area contributed by atoms with Crippen molar-refractivity contribution in [2.45, 2.75) is 26.4 Å². The third-order valence-electron chi connectivity index (χ3n) is 2.12. The maximum atomic E-state index is 11.7. The van der Waals surface area contributed by atoms with Crippen LogP contribution in [0.2, 0.25) is 5.02 Å². The summed E-state index contributed by atoms with van der Waals surface area (Å²) in [4.78, 5) is 22.7. The first-order valence-electron chi connectivity index (χ1n) is 5.66. The zero-order valence-electron chi connectivity index (χ0n) is 11.0. The van der Waals surface area contributed by atoms with E-state index in [-0.39, 0.29) is 17.9 Å². The number of carbonyl (C=O) groups is 2. The third-order valence-corrected chi connectivity index (χ3v) is 2.36. The number of ether oxygens (including phenoxy) is 1. The van der Waals surface area contributed by atoms with E-state index < -0.39 is 17.5 Å². The van der Waals surface area contributed by atoms with Crippen LogP contribution in [-0.2, 0) is 9.53 Å². The molecule has 2 N–H and O–H groups in total. The maximum Gasteiger partial charge on any atom is 0.337 e. The number of halogens is 1. The molecular formula is C13H16ClNO4. The molecule has 104 valence electrons. The first-order chi connectivity index (χ1) is 8.69. The lowest BCUT2D eigenvalue weighted by atomic mass is 10.2. The van der Waals surface area contributed by atoms with Crippen molar-refractivity contribution >= 4 is 29.2 Å². The minimum Gasteiger partial charge on any atom is -0.478 e. The first kappa shape index (κ1) is 15.5. The van der Waals surface area contributed by atoms with Gasteiger partial charge in [-0.2, -0.15) is 0 Å². The molecule has 1 aromatic rings. The highest BCUT2D eigenvalue weighted by Gasteiger charge is 2.16. The molecule has 0 unspecified atom stereocenters. The van der Waals surface area contributed by atoms with E-state index in [0.717, 1.165) is 0 Å². The highest BCUT2D eigenvalue weighted by molar-refractivity contribution is 6.31. The molecule has 0 fully saturated rings. The third kappa shape index (κ3) is 5.28. The Bertz CT molecular complexity index is 494. The quantitative estimate of drug-likeness (QED) is 0.892. The Hall–Kier alpha value is -1.59. The first-order valence-corrected chi connectivity index (χ1v) is 6.03. The molecule has 0 heterocycles. The van der Waals surface area contributed by atoms with Gasteiger partial charge in [-0.05, 0) is 39.0 Å². The van der Waals surface area contributed by atoms with E-state index in [0.29, 0.717) is 5.02 Å². The standard InChI is InChI=1S/C13H16ClNO4/c1-13(2,3)19-7-11(16)15-10-6-8(14)4-5-9(10)12(17)18/h4-6H,7H2,1-3H3,(H,15,16)(H,17,18). The average molecular weight is 286 g/mol. The van der Waals surface area contributed by atoms with Gasteiger partial charge >= 0.3 is 5.97 Å². The van der Waals surface area contributed by atoms with Crippen molar-refractivity contribution < 1.29 is 19.4 Å². The summed E-state index contributed by atoms with van der Waals surface area (Å²) < 4.78 is 5.30. The fraction of sp³-hybridized carbons (Fsp3) is 0.385. The molecule has 0 atom stereocenters. The fourth-order valence-corrected chi connectivity index (χ4v) is 1.45. The maximum absolute atomic E-state index is 11.7. The van der Waals surface area contributed by atoms with Crippen LogP contribution < -0.4 is 5.32 Å². The van der Waals surface area contributed by atoms with Crippen molar-refractivity contribution in [2.75, 3.05) is 11.9 Å². The molecule has 0 aliphatic heterocycles. The highest BCUT2D eigenvalue weighted by Crippen LogP contribution is 2.21. The number of hydrogen-bond acceptors (Lipinski definition) is 3. The van der Waals surface area contributed by atoms with Crippen LogP contribution in [0.3, 0.4) is 0 Å². The van der Waals surface area contributed by atoms with Gasteiger partial charge < -0.3 is 15.2 Å². The Morgan fingerprint density at radius 2 is 2.00 bits per heavy atom. The lowest BCUT2D eigenvalue weighted by Crippen LogP contribution is -2.27. The Balaban J connectivity index is 2.78. The van der Waals surface area contributed by atoms with Crippen molar-refractivity contribution in [3.05, 3.63) is 28.8 Å². The number of carboxylic acids is 1. The number of aromatic carboxylic acids is 1. The van der Waals surface area contributed by atoms with E-state index in [2.05, 4.69) is 5.32 Å². The second kappa shape index (κ2) is 6.04. The molecule has 1 amide bonds. The Morgan fingerprint density at radius 3 is 2.53 bits per heavy atom. The predicted molar refractivity (Wildman–Crippen MR) is 72.7 cm³/mol. The number of benzene rings is 1. The second-order valence-electron chi connectivity index (χ2n) is 4.94. The van der Waals surface area contributed by atoms with Crippen molar-refractivity contribution in [1.29, 1.82) is 0 Å². The molecule has 0 aliphatic rings. The Morgan fingerprint density at radius 1 is 1.37 bits per heavy atom. The molecule has 0 spiro atoms. The molecule has 0 bridgehead atoms. The Kier molecular flexibility index (Phi) is 4.91. The number of amides is 1. The summed E-state index contributed by atoms with van der Waals surface area (Å²) in [5.74, 6) is -1.57. The van der Waals surface area contributed by atoms with Gasteiger partial charge in [0.25, 0.3) is 0 Å². The summed E-state index contributed by atoms with van der Waals surface area (Å²) in [6.45, 7) is 5.31. The van der Waals surface area contributed by atoms with Crippen molar-refractivity contribution in [1.82, 2.24) is 0 Å². The summed E-state index contributed by atoms with van der Waals surface area (Å²) in [5, 5.41) is 11.8. The van der Waals surface area contributed by atoms with Crippen LogP contribution in [0.1, 0.15) is 31.1 Å². The molecule has 0 saturated carbocycles. The summed E-state index contributed by atoms with van der Waals surface area (Å²) in [5.41, 5.74) is -0.308. The van der Waals surface area contributed by atoms with Gasteiger partial charge in [-0.25, -0.2) is 4.79 Å². The zero-order valence-corrected chi connectivity index (χ0v) is 11.7. The minimum atomic E-state index is -1.14. The van der Waals surface area contributed by atoms with Gasteiger partial charge in [-0.3, -0.25) is 4.79 Å². The molecule has 0 radical (unpaired) electrons. The highest BCUT2D eigenvalue weighted by atomic mass is 35.5. The summed E-state index contributed by atoms with van der Waals surface area (Å²) >= 11 is 5.78. The van der Waals surface area contributed by atoms with Crippen LogP contribution in [0, 0.1) is 0 Å². The molecule has 0 aromatic heterocycles. The predicted octanol–water partition coefficient (Wildman–Crippen LogP) is 2.79. The van der Waals surface area contributed by atoms with E-state index in [4.69, 9.17) is 21.4 Å². The fourth-order valence-electron chi connectivity index (χ4n) is 1.27. The van der Waals surface area contributed by atoms with Crippen molar-refractivity contribution in [3.63, 3.8) is 0 Å². The minimum absolute atomic E-state index is 0.0199. The van der Waals surface area contributed by atoms with Crippen LogP contribution in [-0.4, -0.2) is 29.2 Å². The van der Waals surface area contributed by atoms with Gasteiger partial charge in [0.2, 0.25) is 5.91 Å². The molecule has 1 rings (SSSR count). The van der Waals surface area contributed by atoms with Gasteiger partial charge in [0, 0.05) is 5.02 Å². The average Bonchev–Trinajstić information content (AvgIpc) is 2.25. The zero-order chi connectivity index (χ0) is 14.6. The van der Waals surface area contributed by atoms with Crippen molar-refractivity contribution in [2.24, 2.45) is 0 Å². The largest absolute Gasteiger partial charge is 0.478 e. The van der Waals surface area contributed by atoms with E-state index in [9.17, 15) is 9.59 Å². The smallest absolute Gasteiger partial charge is 0.337 e. The topological polar surface area (TPSA) is 75.6 Å². The SMILES string of the molecule is CC(C)(C)OCC(=O)Nc1cc(Cl)ccc1C(=O)O. The van der Waals surface area contributed by atoms with Crippen LogP contribution in [0.5, 0.6) is 0 Å². The number of nitrogens with one attached hydrogen (secondary N) is 1. The van der Waals surface area contributed by atoms with Gasteiger partial charge in [0.05, 0.1) is 16.9 Å². The van der Waals surface area contributed by atoms with E-state index in [1.165, 1.54) is 18.2 Å². The summed E-state index contributed by atoms with van der Waals surface area (Å²) in [7, 11) is 0. The molecule has 0 aliphatic carbocycles. The molecule has 6 heteroatoms. The Labute approximate surface area is 116 Å². The van der Waals surface area contributed by atoms with Gasteiger partial charge in [0.15, 0.2) is 0 Å². The van der Waals surface area contributed by atoms with Crippen LogP contribution in [0.15, 0.2) is 18.2 Å². The summed E-state index contributed by atoms with van der Waals surface area (Å²) in [6.07, 6.45) is 0. The lowest BCUT2D eigenvalue weighted by molar-refractivity contribution is -0.125. The van der Waals surface area contributed by atoms with Crippen LogP contribution in [0.25, 0.3) is 0 Å². The lowest BCUT2D eigenvalue weighted by Gasteiger charge is -2.19. The molecule has 0 saturated heterocycles. The monoisotopic (exact) mass is 285 g/mol. The van der Waals surface area contributed by atoms with Crippen LogP contribution >= 0.6 is 11.6 Å². The van der Waals surface area contributed by atoms with Crippen molar-refractivity contribution in [3.8, 4) is 0 Å². The van der Waals surface area contributed by atoms with E-state index >= 15 is 0 Å². The van der Waals surface area contributed by atoms with E-state index in [1.807, 2.05) is 20.8 Å². The number of hydrogen-bond donors (Lipinski definition) is 2. The molecular weight excluding hydrogens is 270 g/mol. The molecule has 1 aromatic carbocycles. The number of carbonyl (C=O) groups excluding carboxylic acids is 1. The van der Waals surface area contributed by atoms with Gasteiger partial charge in [0.1, 0.15) is 6.61 Å². The summed E-state index contributed by atoms with van der Waals surface area (Å²) in [6, 6.07) is 4.18.